The van der Waals surface area contributed by atoms with Gasteiger partial charge >= 0.3 is 5.97 Å². The summed E-state index contributed by atoms with van der Waals surface area (Å²) in [5.74, 6) is -0.0372. The molecular weight excluding hydrogens is 264 g/mol. The number of aromatic nitrogens is 2. The molecule has 2 aromatic heterocycles. The second-order valence-electron chi connectivity index (χ2n) is 4.44. The maximum atomic E-state index is 11.0. The van der Waals surface area contributed by atoms with Gasteiger partial charge in [-0.3, -0.25) is 0 Å². The molecule has 19 heavy (non-hydrogen) atoms. The Bertz CT molecular complexity index is 636. The fourth-order valence-corrected chi connectivity index (χ4v) is 2.54. The highest BCUT2D eigenvalue weighted by molar-refractivity contribution is 7.13. The lowest BCUT2D eigenvalue weighted by Gasteiger charge is -2.04. The molecule has 2 heterocycles. The van der Waals surface area contributed by atoms with E-state index in [4.69, 9.17) is 10.8 Å². The number of anilines is 3. The molecule has 1 aliphatic carbocycles. The number of hydrogen-bond acceptors (Lipinski definition) is 6. The number of nitrogens with zero attached hydrogens (tertiary/aromatic N) is 2. The maximum Gasteiger partial charge on any atom is 0.337 e. The number of nitrogen functional groups attached to an aromatic ring is 1. The van der Waals surface area contributed by atoms with Gasteiger partial charge in [-0.2, -0.15) is 0 Å². The van der Waals surface area contributed by atoms with Gasteiger partial charge < -0.3 is 16.2 Å². The fraction of sp³-hybridized carbons (Fsp3) is 0.250. The molecule has 0 unspecified atom stereocenters. The number of hydrogen-bond donors (Lipinski definition) is 3. The molecule has 0 amide bonds. The number of nitrogens with one attached hydrogen (secondary N) is 1. The predicted molar refractivity (Wildman–Crippen MR) is 73.0 cm³/mol. The SMILES string of the molecule is Nc1cnc(Nc2nc(C3CC3)cs2)cc1C(=O)O. The molecule has 0 aromatic carbocycles. The lowest BCUT2D eigenvalue weighted by molar-refractivity contribution is 0.0698. The smallest absolute Gasteiger partial charge is 0.337 e. The normalized spacial score (nSPS) is 14.3. The van der Waals surface area contributed by atoms with Crippen LogP contribution in [0.15, 0.2) is 17.6 Å². The second-order valence-corrected chi connectivity index (χ2v) is 5.30. The molecule has 0 radical (unpaired) electrons. The quantitative estimate of drug-likeness (QED) is 0.792. The first-order valence-corrected chi connectivity index (χ1v) is 6.72. The molecular formula is C12H12N4O2S. The van der Waals surface area contributed by atoms with Crippen LogP contribution in [0.5, 0.6) is 0 Å². The van der Waals surface area contributed by atoms with Crippen LogP contribution in [0.1, 0.15) is 34.8 Å². The number of carboxylic acids is 1. The van der Waals surface area contributed by atoms with Gasteiger partial charge in [-0.15, -0.1) is 11.3 Å². The van der Waals surface area contributed by atoms with Gasteiger partial charge in [0, 0.05) is 11.3 Å². The summed E-state index contributed by atoms with van der Waals surface area (Å²) in [6.07, 6.45) is 3.74. The van der Waals surface area contributed by atoms with Crippen LogP contribution in [0.4, 0.5) is 16.6 Å². The van der Waals surface area contributed by atoms with Gasteiger partial charge in [-0.05, 0) is 18.9 Å². The Morgan fingerprint density at radius 3 is 3.00 bits per heavy atom. The van der Waals surface area contributed by atoms with E-state index in [0.717, 1.165) is 10.8 Å². The molecule has 1 saturated carbocycles. The zero-order chi connectivity index (χ0) is 13.4. The van der Waals surface area contributed by atoms with Crippen molar-refractivity contribution in [2.24, 2.45) is 0 Å². The van der Waals surface area contributed by atoms with E-state index in [0.29, 0.717) is 11.7 Å². The molecule has 6 nitrogen and oxygen atoms in total. The van der Waals surface area contributed by atoms with Crippen molar-refractivity contribution in [2.75, 3.05) is 11.1 Å². The van der Waals surface area contributed by atoms with Crippen molar-refractivity contribution in [1.82, 2.24) is 9.97 Å². The lowest BCUT2D eigenvalue weighted by atomic mass is 10.2. The molecule has 0 saturated heterocycles. The van der Waals surface area contributed by atoms with Crippen molar-refractivity contribution in [3.8, 4) is 0 Å². The number of carbonyl (C=O) groups is 1. The molecule has 0 bridgehead atoms. The molecule has 0 aliphatic heterocycles. The van der Waals surface area contributed by atoms with Crippen molar-refractivity contribution in [3.63, 3.8) is 0 Å². The summed E-state index contributed by atoms with van der Waals surface area (Å²) in [5, 5.41) is 14.7. The third kappa shape index (κ3) is 2.50. The summed E-state index contributed by atoms with van der Waals surface area (Å²) in [6, 6.07) is 1.41. The minimum atomic E-state index is -1.07. The van der Waals surface area contributed by atoms with Crippen LogP contribution < -0.4 is 11.1 Å². The highest BCUT2D eigenvalue weighted by atomic mass is 32.1. The molecule has 2 aromatic rings. The minimum absolute atomic E-state index is 0.0384. The van der Waals surface area contributed by atoms with E-state index < -0.39 is 5.97 Å². The summed E-state index contributed by atoms with van der Waals surface area (Å²) >= 11 is 1.49. The van der Waals surface area contributed by atoms with Crippen molar-refractivity contribution in [2.45, 2.75) is 18.8 Å². The maximum absolute atomic E-state index is 11.0. The fourth-order valence-electron chi connectivity index (χ4n) is 1.74. The average molecular weight is 276 g/mol. The van der Waals surface area contributed by atoms with Gasteiger partial charge in [0.15, 0.2) is 5.13 Å². The first-order valence-electron chi connectivity index (χ1n) is 5.85. The highest BCUT2D eigenvalue weighted by Gasteiger charge is 2.26. The second kappa shape index (κ2) is 4.51. The van der Waals surface area contributed by atoms with Crippen LogP contribution in [0.3, 0.4) is 0 Å². The minimum Gasteiger partial charge on any atom is -0.478 e. The summed E-state index contributed by atoms with van der Waals surface area (Å²) in [5.41, 5.74) is 6.84. The van der Waals surface area contributed by atoms with Crippen LogP contribution in [-0.2, 0) is 0 Å². The molecule has 1 aliphatic rings. The molecule has 7 heteroatoms. The first-order chi connectivity index (χ1) is 9.13. The first kappa shape index (κ1) is 11.9. The standard InChI is InChI=1S/C12H12N4O2S/c13-8-4-14-10(3-7(8)11(17)18)16-12-15-9(5-19-12)6-1-2-6/h3-6H,1-2,13H2,(H,17,18)(H,14,15,16). The number of thiazole rings is 1. The number of rotatable bonds is 4. The summed E-state index contributed by atoms with van der Waals surface area (Å²) in [7, 11) is 0. The Morgan fingerprint density at radius 1 is 1.53 bits per heavy atom. The lowest BCUT2D eigenvalue weighted by Crippen LogP contribution is -2.05. The van der Waals surface area contributed by atoms with Crippen LogP contribution in [0.2, 0.25) is 0 Å². The van der Waals surface area contributed by atoms with Crippen molar-refractivity contribution < 1.29 is 9.90 Å². The zero-order valence-corrected chi connectivity index (χ0v) is 10.8. The van der Waals surface area contributed by atoms with E-state index >= 15 is 0 Å². The monoisotopic (exact) mass is 276 g/mol. The van der Waals surface area contributed by atoms with Gasteiger partial charge in [0.1, 0.15) is 5.82 Å². The molecule has 1 fully saturated rings. The molecule has 4 N–H and O–H groups in total. The van der Waals surface area contributed by atoms with Gasteiger partial charge in [0.2, 0.25) is 0 Å². The van der Waals surface area contributed by atoms with E-state index in [1.165, 1.54) is 36.4 Å². The predicted octanol–water partition coefficient (Wildman–Crippen LogP) is 2.44. The number of carboxylic acid groups (broad SMARTS) is 1. The van der Waals surface area contributed by atoms with Gasteiger partial charge in [0.05, 0.1) is 23.1 Å². The van der Waals surface area contributed by atoms with Gasteiger partial charge in [0.25, 0.3) is 0 Å². The number of nitrogens with two attached hydrogens (primary N) is 1. The van der Waals surface area contributed by atoms with E-state index in [9.17, 15) is 4.79 Å². The Balaban J connectivity index is 1.81. The van der Waals surface area contributed by atoms with Crippen LogP contribution in [0, 0.1) is 0 Å². The van der Waals surface area contributed by atoms with E-state index in [1.54, 1.807) is 0 Å². The molecule has 98 valence electrons. The van der Waals surface area contributed by atoms with E-state index in [1.807, 2.05) is 5.38 Å². The summed E-state index contributed by atoms with van der Waals surface area (Å²) < 4.78 is 0. The van der Waals surface area contributed by atoms with Crippen molar-refractivity contribution >= 4 is 33.9 Å². The van der Waals surface area contributed by atoms with Crippen molar-refractivity contribution in [3.05, 3.63) is 28.9 Å². The van der Waals surface area contributed by atoms with Gasteiger partial charge in [-0.25, -0.2) is 14.8 Å². The number of pyridine rings is 1. The Labute approximate surface area is 113 Å². The highest BCUT2D eigenvalue weighted by Crippen LogP contribution is 2.41. The topological polar surface area (TPSA) is 101 Å². The van der Waals surface area contributed by atoms with Crippen LogP contribution in [0.25, 0.3) is 0 Å². The Kier molecular flexibility index (Phi) is 2.83. The number of aromatic carboxylic acids is 1. The third-order valence-electron chi connectivity index (χ3n) is 2.92. The molecule has 0 atom stereocenters. The van der Waals surface area contributed by atoms with Crippen molar-refractivity contribution in [1.29, 1.82) is 0 Å². The van der Waals surface area contributed by atoms with E-state index in [2.05, 4.69) is 15.3 Å². The molecule has 0 spiro atoms. The zero-order valence-electron chi connectivity index (χ0n) is 9.96. The average Bonchev–Trinajstić information content (AvgIpc) is 3.12. The summed E-state index contributed by atoms with van der Waals surface area (Å²) in [6.45, 7) is 0. The Hall–Kier alpha value is -2.15. The van der Waals surface area contributed by atoms with Crippen LogP contribution >= 0.6 is 11.3 Å². The largest absolute Gasteiger partial charge is 0.478 e. The molecule has 3 rings (SSSR count). The Morgan fingerprint density at radius 2 is 2.32 bits per heavy atom. The van der Waals surface area contributed by atoms with Gasteiger partial charge in [-0.1, -0.05) is 0 Å². The van der Waals surface area contributed by atoms with Crippen LogP contribution in [-0.4, -0.2) is 21.0 Å². The van der Waals surface area contributed by atoms with E-state index in [-0.39, 0.29) is 11.3 Å². The third-order valence-corrected chi connectivity index (χ3v) is 3.69. The summed E-state index contributed by atoms with van der Waals surface area (Å²) in [4.78, 5) is 19.5.